The molecule has 27 heavy (non-hydrogen) atoms. The van der Waals surface area contributed by atoms with Crippen LogP contribution in [0.2, 0.25) is 5.02 Å². The predicted molar refractivity (Wildman–Crippen MR) is 109 cm³/mol. The monoisotopic (exact) mass is 387 g/mol. The highest BCUT2D eigenvalue weighted by atomic mass is 35.5. The molecule has 1 saturated heterocycles. The average Bonchev–Trinajstić information content (AvgIpc) is 2.68. The lowest BCUT2D eigenvalue weighted by Crippen LogP contribution is -2.46. The Balaban J connectivity index is 1.41. The molecule has 0 aliphatic carbocycles. The van der Waals surface area contributed by atoms with Crippen molar-refractivity contribution >= 4 is 23.2 Å². The van der Waals surface area contributed by atoms with E-state index in [1.807, 2.05) is 6.07 Å². The van der Waals surface area contributed by atoms with E-state index in [0.29, 0.717) is 22.9 Å². The van der Waals surface area contributed by atoms with E-state index >= 15 is 0 Å². The van der Waals surface area contributed by atoms with Gasteiger partial charge in [0.15, 0.2) is 0 Å². The SMILES string of the molecule is COc1ccc(Cl)cc1NC(=O)CCN1CCN(Cc2ccccc2)CC1. The van der Waals surface area contributed by atoms with Crippen molar-refractivity contribution < 1.29 is 9.53 Å². The number of carbonyl (C=O) groups excluding carboxylic acids is 1. The first-order valence-electron chi connectivity index (χ1n) is 9.26. The summed E-state index contributed by atoms with van der Waals surface area (Å²) in [5.41, 5.74) is 1.96. The van der Waals surface area contributed by atoms with Crippen LogP contribution in [0.4, 0.5) is 5.69 Å². The molecule has 6 heteroatoms. The van der Waals surface area contributed by atoms with Gasteiger partial charge in [-0.2, -0.15) is 0 Å². The molecule has 0 aromatic heterocycles. The van der Waals surface area contributed by atoms with Gasteiger partial charge in [0.1, 0.15) is 5.75 Å². The molecule has 1 aliphatic heterocycles. The number of nitrogens with one attached hydrogen (secondary N) is 1. The zero-order valence-corrected chi connectivity index (χ0v) is 16.4. The first-order valence-corrected chi connectivity index (χ1v) is 9.64. The lowest BCUT2D eigenvalue weighted by atomic mass is 10.2. The molecule has 0 radical (unpaired) electrons. The Morgan fingerprint density at radius 3 is 2.48 bits per heavy atom. The standard InChI is InChI=1S/C21H26ClN3O2/c1-27-20-8-7-18(22)15-19(20)23-21(26)9-10-24-11-13-25(14-12-24)16-17-5-3-2-4-6-17/h2-8,15H,9-14,16H2,1H3,(H,23,26). The van der Waals surface area contributed by atoms with E-state index in [1.54, 1.807) is 25.3 Å². The van der Waals surface area contributed by atoms with E-state index in [-0.39, 0.29) is 5.91 Å². The smallest absolute Gasteiger partial charge is 0.225 e. The Kier molecular flexibility index (Phi) is 7.10. The maximum absolute atomic E-state index is 12.3. The number of amides is 1. The summed E-state index contributed by atoms with van der Waals surface area (Å²) in [6.45, 7) is 5.77. The summed E-state index contributed by atoms with van der Waals surface area (Å²) in [5.74, 6) is 0.588. The summed E-state index contributed by atoms with van der Waals surface area (Å²) < 4.78 is 5.27. The molecule has 1 N–H and O–H groups in total. The fraction of sp³-hybridized carbons (Fsp3) is 0.381. The van der Waals surface area contributed by atoms with Crippen LogP contribution in [0.5, 0.6) is 5.75 Å². The van der Waals surface area contributed by atoms with Gasteiger partial charge in [0.2, 0.25) is 5.91 Å². The number of anilines is 1. The Morgan fingerprint density at radius 1 is 1.07 bits per heavy atom. The Bertz CT molecular complexity index is 746. The normalized spacial score (nSPS) is 15.5. The quantitative estimate of drug-likeness (QED) is 0.789. The fourth-order valence-corrected chi connectivity index (χ4v) is 3.43. The molecule has 2 aromatic rings. The third-order valence-electron chi connectivity index (χ3n) is 4.80. The zero-order chi connectivity index (χ0) is 19.1. The molecule has 2 aromatic carbocycles. The second-order valence-corrected chi connectivity index (χ2v) is 7.18. The molecule has 0 unspecified atom stereocenters. The molecule has 0 spiro atoms. The van der Waals surface area contributed by atoms with Crippen molar-refractivity contribution in [1.82, 2.24) is 9.80 Å². The number of rotatable bonds is 7. The Labute approximate surface area is 165 Å². The van der Waals surface area contributed by atoms with Crippen LogP contribution in [0.3, 0.4) is 0 Å². The Morgan fingerprint density at radius 2 is 1.78 bits per heavy atom. The number of hydrogen-bond donors (Lipinski definition) is 1. The van der Waals surface area contributed by atoms with E-state index < -0.39 is 0 Å². The predicted octanol–water partition coefficient (Wildman–Crippen LogP) is 3.50. The molecule has 144 valence electrons. The van der Waals surface area contributed by atoms with E-state index in [4.69, 9.17) is 16.3 Å². The number of nitrogens with zero attached hydrogens (tertiary/aromatic N) is 2. The fourth-order valence-electron chi connectivity index (χ4n) is 3.26. The van der Waals surface area contributed by atoms with Gasteiger partial charge in [-0.05, 0) is 23.8 Å². The van der Waals surface area contributed by atoms with Crippen molar-refractivity contribution in [3.05, 3.63) is 59.1 Å². The largest absolute Gasteiger partial charge is 0.495 e. The summed E-state index contributed by atoms with van der Waals surface area (Å²) >= 11 is 6.01. The molecule has 1 aliphatic rings. The number of ether oxygens (including phenoxy) is 1. The highest BCUT2D eigenvalue weighted by Gasteiger charge is 2.18. The summed E-state index contributed by atoms with van der Waals surface area (Å²) in [6, 6.07) is 15.8. The molecule has 0 bridgehead atoms. The molecule has 0 saturated carbocycles. The van der Waals surface area contributed by atoms with Gasteiger partial charge in [0, 0.05) is 50.7 Å². The molecular weight excluding hydrogens is 362 g/mol. The van der Waals surface area contributed by atoms with Crippen LogP contribution >= 0.6 is 11.6 Å². The first-order chi connectivity index (χ1) is 13.1. The number of piperazine rings is 1. The van der Waals surface area contributed by atoms with Crippen LogP contribution in [0.25, 0.3) is 0 Å². The van der Waals surface area contributed by atoms with Gasteiger partial charge < -0.3 is 15.0 Å². The van der Waals surface area contributed by atoms with Gasteiger partial charge in [-0.25, -0.2) is 0 Å². The number of carbonyl (C=O) groups is 1. The van der Waals surface area contributed by atoms with Crippen LogP contribution in [-0.4, -0.2) is 55.5 Å². The minimum Gasteiger partial charge on any atom is -0.495 e. The zero-order valence-electron chi connectivity index (χ0n) is 15.7. The highest BCUT2D eigenvalue weighted by molar-refractivity contribution is 6.31. The van der Waals surface area contributed by atoms with Gasteiger partial charge in [0.25, 0.3) is 0 Å². The van der Waals surface area contributed by atoms with Crippen LogP contribution < -0.4 is 10.1 Å². The van der Waals surface area contributed by atoms with Crippen LogP contribution in [-0.2, 0) is 11.3 Å². The van der Waals surface area contributed by atoms with Crippen molar-refractivity contribution in [3.8, 4) is 5.75 Å². The topological polar surface area (TPSA) is 44.8 Å². The second-order valence-electron chi connectivity index (χ2n) is 6.75. The summed E-state index contributed by atoms with van der Waals surface area (Å²) in [7, 11) is 1.58. The molecular formula is C21H26ClN3O2. The van der Waals surface area contributed by atoms with E-state index in [1.165, 1.54) is 5.56 Å². The summed E-state index contributed by atoms with van der Waals surface area (Å²) in [4.78, 5) is 17.1. The first kappa shape index (κ1) is 19.7. The number of methoxy groups -OCH3 is 1. The van der Waals surface area contributed by atoms with Crippen molar-refractivity contribution in [2.45, 2.75) is 13.0 Å². The molecule has 5 nitrogen and oxygen atoms in total. The lowest BCUT2D eigenvalue weighted by molar-refractivity contribution is -0.116. The average molecular weight is 388 g/mol. The molecule has 0 atom stereocenters. The maximum Gasteiger partial charge on any atom is 0.225 e. The molecule has 1 fully saturated rings. The van der Waals surface area contributed by atoms with Gasteiger partial charge in [-0.1, -0.05) is 41.9 Å². The van der Waals surface area contributed by atoms with Gasteiger partial charge in [0.05, 0.1) is 12.8 Å². The number of benzene rings is 2. The third-order valence-corrected chi connectivity index (χ3v) is 5.04. The van der Waals surface area contributed by atoms with Crippen LogP contribution in [0, 0.1) is 0 Å². The summed E-state index contributed by atoms with van der Waals surface area (Å²) in [5, 5.41) is 3.47. The van der Waals surface area contributed by atoms with Gasteiger partial charge >= 0.3 is 0 Å². The molecule has 1 heterocycles. The number of hydrogen-bond acceptors (Lipinski definition) is 4. The van der Waals surface area contributed by atoms with E-state index in [0.717, 1.165) is 39.3 Å². The highest BCUT2D eigenvalue weighted by Crippen LogP contribution is 2.27. The number of halogens is 1. The van der Waals surface area contributed by atoms with Crippen molar-refractivity contribution in [2.75, 3.05) is 45.2 Å². The van der Waals surface area contributed by atoms with Crippen molar-refractivity contribution in [1.29, 1.82) is 0 Å². The molecule has 1 amide bonds. The minimum atomic E-state index is -0.0257. The summed E-state index contributed by atoms with van der Waals surface area (Å²) in [6.07, 6.45) is 0.453. The maximum atomic E-state index is 12.3. The molecule has 3 rings (SSSR count). The minimum absolute atomic E-state index is 0.0257. The van der Waals surface area contributed by atoms with Crippen LogP contribution in [0.1, 0.15) is 12.0 Å². The van der Waals surface area contributed by atoms with Gasteiger partial charge in [-0.3, -0.25) is 9.69 Å². The van der Waals surface area contributed by atoms with Crippen molar-refractivity contribution in [3.63, 3.8) is 0 Å². The third kappa shape index (κ3) is 5.96. The Hall–Kier alpha value is -2.08. The van der Waals surface area contributed by atoms with E-state index in [9.17, 15) is 4.79 Å². The van der Waals surface area contributed by atoms with Crippen LogP contribution in [0.15, 0.2) is 48.5 Å². The van der Waals surface area contributed by atoms with Crippen molar-refractivity contribution in [2.24, 2.45) is 0 Å². The second kappa shape index (κ2) is 9.74. The van der Waals surface area contributed by atoms with E-state index in [2.05, 4.69) is 39.4 Å². The van der Waals surface area contributed by atoms with Gasteiger partial charge in [-0.15, -0.1) is 0 Å². The lowest BCUT2D eigenvalue weighted by Gasteiger charge is -2.34.